The number of hydrogen-bond donors (Lipinski definition) is 1. The van der Waals surface area contributed by atoms with Crippen LogP contribution in [0.25, 0.3) is 0 Å². The van der Waals surface area contributed by atoms with Crippen LogP contribution in [0.4, 0.5) is 0 Å². The topological polar surface area (TPSA) is 76.9 Å². The van der Waals surface area contributed by atoms with Gasteiger partial charge in [-0.2, -0.15) is 5.10 Å². The molecule has 1 aromatic heterocycles. The van der Waals surface area contributed by atoms with Crippen LogP contribution in [0.1, 0.15) is 23.6 Å². The molecule has 2 aromatic rings. The SMILES string of the molecule is Cc1cc(C)c(S(=O)(=O)NC(C)Cn2cncn2)c(C)c1. The number of nitrogens with zero attached hydrogens (tertiary/aromatic N) is 3. The summed E-state index contributed by atoms with van der Waals surface area (Å²) in [5.74, 6) is 0. The van der Waals surface area contributed by atoms with Gasteiger partial charge < -0.3 is 0 Å². The van der Waals surface area contributed by atoms with Gasteiger partial charge in [-0.25, -0.2) is 18.1 Å². The van der Waals surface area contributed by atoms with E-state index >= 15 is 0 Å². The highest BCUT2D eigenvalue weighted by atomic mass is 32.2. The second-order valence-electron chi connectivity index (χ2n) is 5.37. The van der Waals surface area contributed by atoms with E-state index in [0.717, 1.165) is 16.7 Å². The van der Waals surface area contributed by atoms with Gasteiger partial charge in [-0.15, -0.1) is 0 Å². The zero-order valence-electron chi connectivity index (χ0n) is 12.7. The first-order chi connectivity index (χ1) is 9.79. The Hall–Kier alpha value is -1.73. The second-order valence-corrected chi connectivity index (χ2v) is 7.02. The molecule has 1 N–H and O–H groups in total. The zero-order valence-corrected chi connectivity index (χ0v) is 13.5. The highest BCUT2D eigenvalue weighted by molar-refractivity contribution is 7.89. The highest BCUT2D eigenvalue weighted by Crippen LogP contribution is 2.21. The molecule has 1 unspecified atom stereocenters. The van der Waals surface area contributed by atoms with Crippen molar-refractivity contribution < 1.29 is 8.42 Å². The molecule has 1 atom stereocenters. The Bertz CT molecular complexity index is 700. The van der Waals surface area contributed by atoms with Crippen molar-refractivity contribution in [1.29, 1.82) is 0 Å². The molecule has 0 aliphatic rings. The lowest BCUT2D eigenvalue weighted by molar-refractivity contribution is 0.492. The van der Waals surface area contributed by atoms with Gasteiger partial charge in [0.1, 0.15) is 12.7 Å². The average molecular weight is 308 g/mol. The molecule has 7 heteroatoms. The standard InChI is InChI=1S/C14H20N4O2S/c1-10-5-11(2)14(12(3)6-10)21(19,20)17-13(4)7-18-9-15-8-16-18/h5-6,8-9,13,17H,7H2,1-4H3. The van der Waals surface area contributed by atoms with Gasteiger partial charge in [0.15, 0.2) is 0 Å². The molecule has 0 aliphatic heterocycles. The molecule has 21 heavy (non-hydrogen) atoms. The Morgan fingerprint density at radius 1 is 1.24 bits per heavy atom. The summed E-state index contributed by atoms with van der Waals surface area (Å²) in [4.78, 5) is 4.20. The first kappa shape index (κ1) is 15.7. The second kappa shape index (κ2) is 5.95. The van der Waals surface area contributed by atoms with E-state index in [9.17, 15) is 8.42 Å². The molecule has 0 amide bonds. The van der Waals surface area contributed by atoms with Crippen LogP contribution in [-0.2, 0) is 16.6 Å². The Morgan fingerprint density at radius 2 is 1.86 bits per heavy atom. The molecule has 0 bridgehead atoms. The molecular weight excluding hydrogens is 288 g/mol. The number of sulfonamides is 1. The fraction of sp³-hybridized carbons (Fsp3) is 0.429. The summed E-state index contributed by atoms with van der Waals surface area (Å²) < 4.78 is 29.4. The van der Waals surface area contributed by atoms with Gasteiger partial charge in [0, 0.05) is 6.04 Å². The minimum atomic E-state index is -3.55. The summed E-state index contributed by atoms with van der Waals surface area (Å²) >= 11 is 0. The number of nitrogens with one attached hydrogen (secondary N) is 1. The van der Waals surface area contributed by atoms with E-state index in [2.05, 4.69) is 14.8 Å². The third kappa shape index (κ3) is 3.68. The lowest BCUT2D eigenvalue weighted by atomic mass is 10.1. The number of benzene rings is 1. The van der Waals surface area contributed by atoms with Gasteiger partial charge in [0.25, 0.3) is 0 Å². The lowest BCUT2D eigenvalue weighted by Crippen LogP contribution is -2.36. The van der Waals surface area contributed by atoms with E-state index in [4.69, 9.17) is 0 Å². The minimum Gasteiger partial charge on any atom is -0.251 e. The molecule has 1 aromatic carbocycles. The van der Waals surface area contributed by atoms with Crippen molar-refractivity contribution in [1.82, 2.24) is 19.5 Å². The Balaban J connectivity index is 2.22. The smallest absolute Gasteiger partial charge is 0.241 e. The van der Waals surface area contributed by atoms with Crippen LogP contribution in [0.2, 0.25) is 0 Å². The van der Waals surface area contributed by atoms with Gasteiger partial charge in [-0.1, -0.05) is 17.7 Å². The largest absolute Gasteiger partial charge is 0.251 e. The number of aromatic nitrogens is 3. The predicted octanol–water partition coefficient (Wildman–Crippen LogP) is 1.57. The first-order valence-electron chi connectivity index (χ1n) is 6.72. The van der Waals surface area contributed by atoms with Crippen LogP contribution >= 0.6 is 0 Å². The van der Waals surface area contributed by atoms with Crippen LogP contribution in [0.15, 0.2) is 29.7 Å². The van der Waals surface area contributed by atoms with Gasteiger partial charge in [-0.3, -0.25) is 4.68 Å². The Morgan fingerprint density at radius 3 is 2.38 bits per heavy atom. The van der Waals surface area contributed by atoms with Crippen molar-refractivity contribution in [2.45, 2.75) is 45.2 Å². The van der Waals surface area contributed by atoms with Gasteiger partial charge in [-0.05, 0) is 38.8 Å². The van der Waals surface area contributed by atoms with E-state index in [1.807, 2.05) is 32.9 Å². The first-order valence-corrected chi connectivity index (χ1v) is 8.20. The Labute approximate surface area is 125 Å². The van der Waals surface area contributed by atoms with Crippen LogP contribution in [0.5, 0.6) is 0 Å². The van der Waals surface area contributed by atoms with E-state index < -0.39 is 10.0 Å². The fourth-order valence-electron chi connectivity index (χ4n) is 2.56. The van der Waals surface area contributed by atoms with E-state index in [0.29, 0.717) is 11.4 Å². The van der Waals surface area contributed by atoms with Crippen LogP contribution in [0, 0.1) is 20.8 Å². The normalized spacial score (nSPS) is 13.3. The third-order valence-electron chi connectivity index (χ3n) is 3.16. The van der Waals surface area contributed by atoms with Crippen molar-refractivity contribution in [3.05, 3.63) is 41.5 Å². The summed E-state index contributed by atoms with van der Waals surface area (Å²) in [5, 5.41) is 3.98. The predicted molar refractivity (Wildman–Crippen MR) is 80.5 cm³/mol. The average Bonchev–Trinajstić information content (AvgIpc) is 2.78. The minimum absolute atomic E-state index is 0.281. The molecule has 0 radical (unpaired) electrons. The Kier molecular flexibility index (Phi) is 4.43. The summed E-state index contributed by atoms with van der Waals surface area (Å²) in [6, 6.07) is 3.48. The molecule has 2 rings (SSSR count). The highest BCUT2D eigenvalue weighted by Gasteiger charge is 2.22. The molecule has 1 heterocycles. The van der Waals surface area contributed by atoms with Crippen LogP contribution < -0.4 is 4.72 Å². The van der Waals surface area contributed by atoms with Gasteiger partial charge >= 0.3 is 0 Å². The van der Waals surface area contributed by atoms with Gasteiger partial charge in [0.05, 0.1) is 11.4 Å². The van der Waals surface area contributed by atoms with E-state index in [1.54, 1.807) is 17.9 Å². The molecule has 0 aliphatic carbocycles. The molecule has 6 nitrogen and oxygen atoms in total. The number of aryl methyl sites for hydroxylation is 3. The van der Waals surface area contributed by atoms with Crippen molar-refractivity contribution in [3.8, 4) is 0 Å². The monoisotopic (exact) mass is 308 g/mol. The molecule has 0 spiro atoms. The maximum Gasteiger partial charge on any atom is 0.241 e. The quantitative estimate of drug-likeness (QED) is 0.909. The molecule has 0 saturated heterocycles. The zero-order chi connectivity index (χ0) is 15.6. The number of hydrogen-bond acceptors (Lipinski definition) is 4. The maximum absolute atomic E-state index is 12.6. The van der Waals surface area contributed by atoms with E-state index in [1.165, 1.54) is 6.33 Å². The molecule has 0 fully saturated rings. The van der Waals surface area contributed by atoms with Crippen molar-refractivity contribution in [2.24, 2.45) is 0 Å². The molecule has 0 saturated carbocycles. The third-order valence-corrected chi connectivity index (χ3v) is 5.05. The van der Waals surface area contributed by atoms with Crippen molar-refractivity contribution >= 4 is 10.0 Å². The summed E-state index contributed by atoms with van der Waals surface area (Å²) in [7, 11) is -3.55. The summed E-state index contributed by atoms with van der Waals surface area (Å²) in [6.45, 7) is 7.83. The molecule has 114 valence electrons. The van der Waals surface area contributed by atoms with E-state index in [-0.39, 0.29) is 6.04 Å². The lowest BCUT2D eigenvalue weighted by Gasteiger charge is -2.17. The maximum atomic E-state index is 12.6. The van der Waals surface area contributed by atoms with Crippen molar-refractivity contribution in [2.75, 3.05) is 0 Å². The van der Waals surface area contributed by atoms with Crippen LogP contribution in [-0.4, -0.2) is 29.2 Å². The fourth-order valence-corrected chi connectivity index (χ4v) is 4.25. The van der Waals surface area contributed by atoms with Crippen LogP contribution in [0.3, 0.4) is 0 Å². The summed E-state index contributed by atoms with van der Waals surface area (Å²) in [5.41, 5.74) is 2.57. The number of rotatable bonds is 5. The van der Waals surface area contributed by atoms with Crippen molar-refractivity contribution in [3.63, 3.8) is 0 Å². The van der Waals surface area contributed by atoms with Gasteiger partial charge in [0.2, 0.25) is 10.0 Å². The molecular formula is C14H20N4O2S. The summed E-state index contributed by atoms with van der Waals surface area (Å²) in [6.07, 6.45) is 2.99.